The molecular weight excluding hydrogens is 372 g/mol. The highest BCUT2D eigenvalue weighted by Crippen LogP contribution is 2.23. The van der Waals surface area contributed by atoms with Crippen LogP contribution in [0.3, 0.4) is 0 Å². The van der Waals surface area contributed by atoms with Crippen LogP contribution in [0.5, 0.6) is 0 Å². The quantitative estimate of drug-likeness (QED) is 0.427. The molecule has 0 aliphatic carbocycles. The Morgan fingerprint density at radius 3 is 1.25 bits per heavy atom. The van der Waals surface area contributed by atoms with Gasteiger partial charge in [0.05, 0.1) is 12.2 Å². The van der Waals surface area contributed by atoms with Crippen LogP contribution in [0.25, 0.3) is 0 Å². The van der Waals surface area contributed by atoms with Gasteiger partial charge in [0.1, 0.15) is 23.5 Å². The van der Waals surface area contributed by atoms with Crippen molar-refractivity contribution in [2.75, 3.05) is 59.4 Å². The molecule has 0 radical (unpaired) electrons. The van der Waals surface area contributed by atoms with Crippen molar-refractivity contribution in [1.82, 2.24) is 14.7 Å². The normalized spacial score (nSPS) is 27.5. The Kier molecular flexibility index (Phi) is 9.66. The molecule has 0 spiro atoms. The number of nitrogens with zero attached hydrogens (tertiary/aromatic N) is 3. The summed E-state index contributed by atoms with van der Waals surface area (Å²) in [6, 6.07) is 0. The Morgan fingerprint density at radius 1 is 0.714 bits per heavy atom. The fraction of sp³-hybridized carbons (Fsp3) is 1.00. The first-order valence-corrected chi connectivity index (χ1v) is 10.0. The van der Waals surface area contributed by atoms with Crippen molar-refractivity contribution in [3.8, 4) is 0 Å². The van der Waals surface area contributed by atoms with E-state index in [4.69, 9.17) is 0 Å². The monoisotopic (exact) mass is 411 g/mol. The molecule has 0 aromatic rings. The molecule has 9 heteroatoms. The lowest BCUT2D eigenvalue weighted by Gasteiger charge is -2.39. The van der Waals surface area contributed by atoms with Crippen molar-refractivity contribution in [3.63, 3.8) is 0 Å². The average molecular weight is 412 g/mol. The first-order chi connectivity index (χ1) is 12.8. The van der Waals surface area contributed by atoms with Gasteiger partial charge in [0.25, 0.3) is 0 Å². The number of rotatable bonds is 8. The third kappa shape index (κ3) is 6.55. The molecule has 1 rings (SSSR count). The molecule has 1 saturated heterocycles. The van der Waals surface area contributed by atoms with E-state index in [-0.39, 0.29) is 13.1 Å². The predicted molar refractivity (Wildman–Crippen MR) is 105 cm³/mol. The molecular formula is C19H39F2N3O4. The maximum atomic E-state index is 14.0. The molecule has 0 aromatic carbocycles. The van der Waals surface area contributed by atoms with Crippen molar-refractivity contribution in [2.24, 2.45) is 0 Å². The van der Waals surface area contributed by atoms with Gasteiger partial charge in [0.2, 0.25) is 0 Å². The molecule has 1 heterocycles. The number of aliphatic hydroxyl groups is 4. The highest BCUT2D eigenvalue weighted by molar-refractivity contribution is 4.95. The van der Waals surface area contributed by atoms with Crippen LogP contribution in [-0.2, 0) is 0 Å². The maximum Gasteiger partial charge on any atom is 0.133 e. The van der Waals surface area contributed by atoms with Crippen molar-refractivity contribution < 1.29 is 29.2 Å². The Morgan fingerprint density at radius 2 is 1.00 bits per heavy atom. The van der Waals surface area contributed by atoms with E-state index in [1.807, 2.05) is 16.8 Å². The zero-order chi connectivity index (χ0) is 21.7. The van der Waals surface area contributed by atoms with Gasteiger partial charge in [0, 0.05) is 52.4 Å². The summed E-state index contributed by atoms with van der Waals surface area (Å²) in [5, 5.41) is 41.0. The van der Waals surface area contributed by atoms with Crippen molar-refractivity contribution in [2.45, 2.75) is 63.4 Å². The molecule has 168 valence electrons. The van der Waals surface area contributed by atoms with Gasteiger partial charge in [0.15, 0.2) is 0 Å². The van der Waals surface area contributed by atoms with Gasteiger partial charge in [-0.3, -0.25) is 9.80 Å². The topological polar surface area (TPSA) is 90.6 Å². The smallest absolute Gasteiger partial charge is 0.133 e. The van der Waals surface area contributed by atoms with Gasteiger partial charge in [-0.05, 0) is 34.7 Å². The molecule has 0 bridgehead atoms. The molecule has 7 nitrogen and oxygen atoms in total. The van der Waals surface area contributed by atoms with Crippen molar-refractivity contribution in [1.29, 1.82) is 0 Å². The summed E-state index contributed by atoms with van der Waals surface area (Å²) in [6.07, 6.45) is -5.69. The van der Waals surface area contributed by atoms with Crippen LogP contribution < -0.4 is 0 Å². The summed E-state index contributed by atoms with van der Waals surface area (Å²) >= 11 is 0. The standard InChI is InChI=1S/C19H39F2N3O4/c1-14(20)18(27,16(3)25)12-23-8-6-22(5)7-9-24(11-10-23)13-19(28,15(2)21)17(4)26/h14-17,25-28H,6-13H2,1-5H3. The second-order valence-electron chi connectivity index (χ2n) is 8.42. The van der Waals surface area contributed by atoms with Crippen LogP contribution in [0.15, 0.2) is 0 Å². The number of β-amino-alcohol motifs (C(OH)–C–C–N with tert-alkyl or cyclic N) is 2. The largest absolute Gasteiger partial charge is 0.390 e. The van der Waals surface area contributed by atoms with Crippen LogP contribution in [0.1, 0.15) is 27.7 Å². The number of halogens is 2. The minimum Gasteiger partial charge on any atom is -0.390 e. The minimum atomic E-state index is -1.88. The number of hydrogen-bond acceptors (Lipinski definition) is 7. The SMILES string of the molecule is CC(O)C(O)(CN1CCN(C)CCN(CC(O)(C(C)O)C(C)F)CC1)C(C)F. The van der Waals surface area contributed by atoms with Crippen LogP contribution in [0.4, 0.5) is 8.78 Å². The summed E-state index contributed by atoms with van der Waals surface area (Å²) in [5.41, 5.74) is -3.77. The summed E-state index contributed by atoms with van der Waals surface area (Å²) in [5.74, 6) is 0. The fourth-order valence-corrected chi connectivity index (χ4v) is 3.46. The van der Waals surface area contributed by atoms with Crippen LogP contribution in [-0.4, -0.2) is 130 Å². The Balaban J connectivity index is 2.93. The fourth-order valence-electron chi connectivity index (χ4n) is 3.46. The molecule has 4 N–H and O–H groups in total. The third-order valence-electron chi connectivity index (χ3n) is 6.11. The Hall–Kier alpha value is -0.420. The summed E-state index contributed by atoms with van der Waals surface area (Å²) < 4.78 is 28.0. The average Bonchev–Trinajstić information content (AvgIpc) is 2.67. The van der Waals surface area contributed by atoms with E-state index in [0.717, 1.165) is 0 Å². The molecule has 1 fully saturated rings. The van der Waals surface area contributed by atoms with E-state index >= 15 is 0 Å². The molecule has 1 aliphatic heterocycles. The van der Waals surface area contributed by atoms with E-state index < -0.39 is 35.8 Å². The molecule has 6 unspecified atom stereocenters. The highest BCUT2D eigenvalue weighted by Gasteiger charge is 2.42. The molecule has 6 atom stereocenters. The first-order valence-electron chi connectivity index (χ1n) is 10.0. The summed E-state index contributed by atoms with van der Waals surface area (Å²) in [7, 11) is 1.93. The Bertz CT molecular complexity index is 410. The molecule has 0 aromatic heterocycles. The van der Waals surface area contributed by atoms with E-state index in [2.05, 4.69) is 4.90 Å². The van der Waals surface area contributed by atoms with Gasteiger partial charge < -0.3 is 25.3 Å². The molecule has 28 heavy (non-hydrogen) atoms. The number of alkyl halides is 2. The molecule has 0 amide bonds. The highest BCUT2D eigenvalue weighted by atomic mass is 19.1. The number of likely N-dealkylation sites (N-methyl/N-ethyl adjacent to an activating group) is 1. The lowest BCUT2D eigenvalue weighted by Crippen LogP contribution is -2.58. The summed E-state index contributed by atoms with van der Waals surface area (Å²) in [4.78, 5) is 5.81. The predicted octanol–water partition coefficient (Wildman–Crippen LogP) is -0.524. The van der Waals surface area contributed by atoms with Gasteiger partial charge in [-0.1, -0.05) is 0 Å². The van der Waals surface area contributed by atoms with Crippen LogP contribution in [0.2, 0.25) is 0 Å². The second-order valence-corrected chi connectivity index (χ2v) is 8.42. The number of hydrogen-bond donors (Lipinski definition) is 4. The zero-order valence-electron chi connectivity index (χ0n) is 17.9. The van der Waals surface area contributed by atoms with Gasteiger partial charge in [-0.15, -0.1) is 0 Å². The maximum absolute atomic E-state index is 14.0. The van der Waals surface area contributed by atoms with E-state index in [1.165, 1.54) is 27.7 Å². The second kappa shape index (κ2) is 10.6. The van der Waals surface area contributed by atoms with E-state index in [1.54, 1.807) is 0 Å². The van der Waals surface area contributed by atoms with Gasteiger partial charge in [-0.25, -0.2) is 8.78 Å². The zero-order valence-corrected chi connectivity index (χ0v) is 17.9. The molecule has 0 saturated carbocycles. The van der Waals surface area contributed by atoms with Gasteiger partial charge in [-0.2, -0.15) is 0 Å². The van der Waals surface area contributed by atoms with Crippen molar-refractivity contribution in [3.05, 3.63) is 0 Å². The van der Waals surface area contributed by atoms with E-state index in [0.29, 0.717) is 39.3 Å². The molecule has 1 aliphatic rings. The lowest BCUT2D eigenvalue weighted by molar-refractivity contribution is -0.130. The summed E-state index contributed by atoms with van der Waals surface area (Å²) in [6.45, 7) is 8.55. The van der Waals surface area contributed by atoms with Crippen LogP contribution in [0, 0.1) is 0 Å². The third-order valence-corrected chi connectivity index (χ3v) is 6.11. The minimum absolute atomic E-state index is 0.0375. The van der Waals surface area contributed by atoms with Crippen LogP contribution >= 0.6 is 0 Å². The lowest BCUT2D eigenvalue weighted by atomic mass is 9.91. The van der Waals surface area contributed by atoms with Gasteiger partial charge >= 0.3 is 0 Å². The Labute approximate surface area is 167 Å². The first kappa shape index (κ1) is 25.6. The number of aliphatic hydroxyl groups excluding tert-OH is 2. The van der Waals surface area contributed by atoms with E-state index in [9.17, 15) is 29.2 Å². The van der Waals surface area contributed by atoms with Crippen molar-refractivity contribution >= 4 is 0 Å².